The Balaban J connectivity index is 0.000000336. The summed E-state index contributed by atoms with van der Waals surface area (Å²) in [5.41, 5.74) is 6.07. The molecule has 2 amide bonds. The molecule has 33 heteroatoms. The number of anilines is 4. The van der Waals surface area contributed by atoms with Gasteiger partial charge in [-0.1, -0.05) is 113 Å². The molecule has 1 aliphatic carbocycles. The second-order valence-corrected chi connectivity index (χ2v) is 32.3. The maximum atomic E-state index is 14.6. The molecule has 11 N–H and O–H groups in total. The third-order valence-corrected chi connectivity index (χ3v) is 23.2. The van der Waals surface area contributed by atoms with Crippen molar-refractivity contribution in [1.82, 2.24) is 10.3 Å². The molecule has 0 saturated heterocycles. The number of esters is 2. The van der Waals surface area contributed by atoms with E-state index in [0.29, 0.717) is 11.2 Å². The summed E-state index contributed by atoms with van der Waals surface area (Å²) in [5.74, 6) is -16.0. The predicted molar refractivity (Wildman–Crippen MR) is 490 cm³/mol. The van der Waals surface area contributed by atoms with Crippen LogP contribution in [0.25, 0.3) is 33.0 Å². The number of fused-ring (bicyclic) bond motifs is 16. The number of aromatic nitrogens is 1. The fourth-order valence-corrected chi connectivity index (χ4v) is 15.5. The second-order valence-electron chi connectivity index (χ2n) is 32.3. The molecule has 9 bridgehead atoms. The van der Waals surface area contributed by atoms with Crippen LogP contribution >= 0.6 is 18.5 Å². The van der Waals surface area contributed by atoms with Gasteiger partial charge in [0.15, 0.2) is 28.1 Å². The third-order valence-electron chi connectivity index (χ3n) is 23.2. The minimum absolute atomic E-state index is 0. The van der Waals surface area contributed by atoms with Gasteiger partial charge in [-0.3, -0.25) is 43.2 Å². The Labute approximate surface area is 739 Å². The zero-order valence-corrected chi connectivity index (χ0v) is 77.4. The molecule has 126 heavy (non-hydrogen) atoms. The molecule has 0 fully saturated rings. The van der Waals surface area contributed by atoms with Gasteiger partial charge in [-0.15, -0.1) is 18.5 Å². The van der Waals surface area contributed by atoms with Crippen LogP contribution in [0.1, 0.15) is 157 Å². The van der Waals surface area contributed by atoms with Crippen molar-refractivity contribution in [3.05, 3.63) is 164 Å². The van der Waals surface area contributed by atoms with Crippen LogP contribution in [0.3, 0.4) is 0 Å². The highest BCUT2D eigenvalue weighted by molar-refractivity contribution is 7.15. The van der Waals surface area contributed by atoms with Crippen molar-refractivity contribution in [1.29, 1.82) is 0 Å². The molecule has 6 aromatic rings. The summed E-state index contributed by atoms with van der Waals surface area (Å²) in [7, 11) is 15.3. The molecule has 0 radical (unpaired) electrons. The fourth-order valence-electron chi connectivity index (χ4n) is 15.5. The van der Waals surface area contributed by atoms with Gasteiger partial charge in [0, 0.05) is 163 Å². The van der Waals surface area contributed by atoms with Crippen molar-refractivity contribution in [2.75, 3.05) is 76.6 Å². The van der Waals surface area contributed by atoms with Crippen LogP contribution in [0.15, 0.2) is 130 Å². The summed E-state index contributed by atoms with van der Waals surface area (Å²) in [6, 6.07) is 10.4. The summed E-state index contributed by atoms with van der Waals surface area (Å²) in [5, 5.41) is 82.4. The Bertz CT molecular complexity index is 5400. The molecule has 686 valence electrons. The molecule has 6 aliphatic rings. The van der Waals surface area contributed by atoms with Crippen LogP contribution in [0.2, 0.25) is 0 Å². The third kappa shape index (κ3) is 21.8. The number of aliphatic hydroxyl groups is 4. The van der Waals surface area contributed by atoms with Crippen molar-refractivity contribution in [3.8, 4) is 28.7 Å². The summed E-state index contributed by atoms with van der Waals surface area (Å²) in [4.78, 5) is 130. The first-order valence-electron chi connectivity index (χ1n) is 40.7. The molecule has 0 saturated carbocycles. The smallest absolute Gasteiger partial charge is 0.312 e. The highest BCUT2D eigenvalue weighted by Gasteiger charge is 2.53. The average Bonchev–Trinajstić information content (AvgIpc) is 1.44. The molecule has 6 heterocycles. The first kappa shape index (κ1) is 104. The summed E-state index contributed by atoms with van der Waals surface area (Å²) < 4.78 is 53.2. The van der Waals surface area contributed by atoms with Gasteiger partial charge in [0.2, 0.25) is 5.78 Å². The zero-order valence-electron chi connectivity index (χ0n) is 75.1. The van der Waals surface area contributed by atoms with E-state index < -0.39 is 183 Å². The van der Waals surface area contributed by atoms with Gasteiger partial charge >= 0.3 is 23.5 Å². The number of nitrogens with one attached hydrogen (secondary N) is 2. The largest absolute Gasteiger partial charge is 0.507 e. The van der Waals surface area contributed by atoms with E-state index in [1.165, 1.54) is 100 Å². The number of phenols is 3. The minimum atomic E-state index is -2.03. The molecule has 12 rings (SSSR count). The van der Waals surface area contributed by atoms with Gasteiger partial charge in [0.1, 0.15) is 51.9 Å². The van der Waals surface area contributed by atoms with E-state index in [9.17, 15) is 73.8 Å². The lowest BCUT2D eigenvalue weighted by atomic mass is 9.78. The number of carbonyl (C=O) groups excluding carboxylic acids is 8. The number of aromatic hydroxyl groups is 3. The van der Waals surface area contributed by atoms with E-state index in [0.717, 1.165) is 23.7 Å². The second kappa shape index (κ2) is 43.5. The van der Waals surface area contributed by atoms with Gasteiger partial charge in [0.25, 0.3) is 23.4 Å². The Morgan fingerprint density at radius 1 is 0.556 bits per heavy atom. The van der Waals surface area contributed by atoms with E-state index in [-0.39, 0.29) is 96.8 Å². The van der Waals surface area contributed by atoms with Gasteiger partial charge in [0.05, 0.1) is 88.2 Å². The number of methoxy groups -OCH3 is 2. The predicted octanol–water partition coefficient (Wildman–Crippen LogP) is 12.4. The van der Waals surface area contributed by atoms with E-state index in [1.807, 2.05) is 57.4 Å². The number of ether oxygens (including phenoxy) is 8. The molecule has 20 atom stereocenters. The number of rotatable bonds is 6. The number of benzene rings is 5. The van der Waals surface area contributed by atoms with E-state index >= 15 is 0 Å². The topological polar surface area (TPSA) is 452 Å². The first-order chi connectivity index (χ1) is 58.7. The molecule has 1 aromatic heterocycles. The maximum absolute atomic E-state index is 14.6. The molecular weight excluding hydrogens is 1660 g/mol. The highest BCUT2D eigenvalue weighted by atomic mass is 31.0. The molecule has 2 unspecified atom stereocenters. The van der Waals surface area contributed by atoms with Crippen molar-refractivity contribution >= 4 is 121 Å². The van der Waals surface area contributed by atoms with Gasteiger partial charge in [-0.05, 0) is 76.2 Å². The normalized spacial score (nSPS) is 28.8. The lowest BCUT2D eigenvalue weighted by Crippen LogP contribution is -2.46. The summed E-state index contributed by atoms with van der Waals surface area (Å²) >= 11 is 0. The highest BCUT2D eigenvalue weighted by Crippen LogP contribution is 2.51. The molecule has 5 aliphatic heterocycles. The SMILES string of the molecule is C.CN(C)c1ccc(O)c(N)c1.CO[C@H]1/C=C/O[C@@]2(C)Oc3c(C)c(=O)c4c(O)c(c5oc6ccc(N(C)C)cc6nc5c4c3C2=O)NC(=O)/C(C)=C\C=C\[C@H](C)[C@H](O)[C@@H](C)[C@@H](O)[C@@H](C)[C@H](OC(C)=O)[C@@H]1C.CO[C@H]1/C=C/O[C@@]2(C)Oc3c(C)c(O)c4c(c3C2=O)C(=O)C=C(NC(=O)/C(C)=C\C=C\[C@H](C)[C@H](O)[C@@H](C)[C@@H](O)[C@@H](C)[C@H](OC(C)=O)[C@@H]1C)C4=O.CP.CP. The Kier molecular flexibility index (Phi) is 35.9. The number of hydrogen-bond acceptors (Lipinski definition) is 29. The zero-order chi connectivity index (χ0) is 94.0. The Morgan fingerprint density at radius 2 is 1.00 bits per heavy atom. The maximum Gasteiger partial charge on any atom is 0.312 e. The number of hydrogen-bond donors (Lipinski definition) is 10. The van der Waals surface area contributed by atoms with Gasteiger partial charge in [-0.25, -0.2) is 4.98 Å². The lowest BCUT2D eigenvalue weighted by Gasteiger charge is -2.38. The van der Waals surface area contributed by atoms with E-state index in [4.69, 9.17) is 58.1 Å². The van der Waals surface area contributed by atoms with Crippen molar-refractivity contribution < 1.29 is 116 Å². The van der Waals surface area contributed by atoms with Crippen LogP contribution in [0, 0.1) is 61.2 Å². The number of nitrogen functional groups attached to an aromatic ring is 1. The number of amides is 2. The van der Waals surface area contributed by atoms with Crippen molar-refractivity contribution in [2.24, 2.45) is 47.3 Å². The van der Waals surface area contributed by atoms with Crippen molar-refractivity contribution in [2.45, 2.75) is 179 Å². The van der Waals surface area contributed by atoms with Gasteiger partial charge in [-0.2, -0.15) is 0 Å². The standard InChI is InChI=1S/C45H53N3O12.C37H45NO12.C8H12N2O.2CH5P.CH4/c1-20-13-12-14-21(2)44(55)47-35-39(53)32-31(34-42(35)59-30-16-15-27(48(9)10)19-28(30)46-34)33-41(25(6)38(32)52)60-45(8,43(33)54)57-18-17-29(56-11)22(3)40(58-26(7)49)24(5)37(51)23(4)36(20)50;1-16-11-10-12-17(2)36(46)38-23-15-24(40)26-27(32(23)44)31(43)21(6)34-28(26)35(45)37(8,50-34)48-14-13-25(47-9)18(3)33(49-22(7)39)20(5)30(42)19(4)29(16)41;1-10(2)6-3-4-8(11)7(9)5-6;2*1-2;/h12-20,22-24,29,36-37,40,50-51,53H,1-11H3,(H,47,55);10-16,18-20,25,29-30,33,41-43H,1-9H3,(H,38,46);3-5,11H,9H2,1-2H3;2*2H2,1H3;1H4/b13-12+,18-17+,21-14-;11-10+,14-13+,17-12-;;;;/t20-,22+,23+,24+,29-,36-,37+,40+,45-;16-,18+,19+,20+,25-,29-,30+,33+,37-;;;;/m00..../s1. The molecule has 0 spiro atoms. The molecule has 5 aromatic carbocycles. The number of phenolic OH excluding ortho intramolecular Hbond substituents is 3. The van der Waals surface area contributed by atoms with Gasteiger partial charge < -0.3 is 104 Å². The lowest BCUT2D eigenvalue weighted by molar-refractivity contribution is -0.161. The fraction of sp³-hybridized carbons (Fsp3) is 0.462. The number of nitrogens with zero attached hydrogens (tertiary/aromatic N) is 3. The average molecular weight is 1790 g/mol. The van der Waals surface area contributed by atoms with Crippen LogP contribution in [0.5, 0.6) is 28.7 Å². The van der Waals surface area contributed by atoms with Crippen molar-refractivity contribution in [3.63, 3.8) is 0 Å². The summed E-state index contributed by atoms with van der Waals surface area (Å²) in [6.07, 6.45) is 7.96. The first-order valence-corrected chi connectivity index (χ1v) is 43.0. The van der Waals surface area contributed by atoms with E-state index in [1.54, 1.807) is 110 Å². The number of nitrogens with two attached hydrogens (primary N) is 1. The Hall–Kier alpha value is -10.9. The van der Waals surface area contributed by atoms with Crippen LogP contribution in [-0.2, 0) is 47.6 Å². The number of aliphatic hydroxyl groups excluding tert-OH is 4. The monoisotopic (exact) mass is 1790 g/mol. The Morgan fingerprint density at radius 3 is 1.45 bits per heavy atom. The number of ketones is 4. The molecular formula is C93H124N6O25P2. The van der Waals surface area contributed by atoms with E-state index in [2.05, 4.69) is 29.1 Å². The summed E-state index contributed by atoms with van der Waals surface area (Å²) in [6.45, 7) is 28.7. The minimum Gasteiger partial charge on any atom is -0.507 e. The van der Waals surface area contributed by atoms with Crippen LogP contribution in [-0.4, -0.2) is 204 Å². The quantitative estimate of drug-likeness (QED) is 0.0185. The van der Waals surface area contributed by atoms with Crippen LogP contribution in [0.4, 0.5) is 22.7 Å². The van der Waals surface area contributed by atoms with Crippen LogP contribution < -0.4 is 41.1 Å². The molecule has 31 nitrogen and oxygen atoms in total. The number of Topliss-reactive ketones (excluding diaryl/α,β-unsaturated/α-hetero) is 3. The number of allylic oxidation sites excluding steroid dienone is 6. The number of carbonyl (C=O) groups is 8.